The number of halogens is 1. The highest BCUT2D eigenvalue weighted by molar-refractivity contribution is 6.02. The number of ketones is 1. The molecule has 9 heteroatoms. The Labute approximate surface area is 233 Å². The van der Waals surface area contributed by atoms with Crippen molar-refractivity contribution in [3.05, 3.63) is 65.6 Å². The van der Waals surface area contributed by atoms with Gasteiger partial charge in [0.1, 0.15) is 35.5 Å². The van der Waals surface area contributed by atoms with Crippen LogP contribution in [-0.2, 0) is 20.7 Å². The molecule has 1 aromatic heterocycles. The number of aliphatic imine (C=N–C) groups is 1. The maximum absolute atomic E-state index is 15.0. The Morgan fingerprint density at radius 1 is 1.05 bits per heavy atom. The van der Waals surface area contributed by atoms with Gasteiger partial charge in [0, 0.05) is 61.7 Å². The summed E-state index contributed by atoms with van der Waals surface area (Å²) < 4.78 is 31.8. The van der Waals surface area contributed by atoms with E-state index >= 15 is 4.39 Å². The van der Waals surface area contributed by atoms with Gasteiger partial charge in [0.15, 0.2) is 0 Å². The first kappa shape index (κ1) is 28.9. The molecule has 210 valence electrons. The van der Waals surface area contributed by atoms with E-state index in [9.17, 15) is 9.59 Å². The van der Waals surface area contributed by atoms with Gasteiger partial charge in [0.25, 0.3) is 0 Å². The predicted octanol–water partition coefficient (Wildman–Crippen LogP) is 6.08. The van der Waals surface area contributed by atoms with Crippen LogP contribution < -0.4 is 14.8 Å². The number of anilines is 1. The fourth-order valence-electron chi connectivity index (χ4n) is 4.30. The highest BCUT2D eigenvalue weighted by Crippen LogP contribution is 2.36. The maximum Gasteiger partial charge on any atom is 0.221 e. The normalized spacial score (nSPS) is 13.2. The SMILES string of the molecule is COCCOc1cc2nccc(Oc3ccc(CC(=O)CC4=CC(C(C)(C)C)=NC4)c(F)c3)c2cc1NC(C)=O. The summed E-state index contributed by atoms with van der Waals surface area (Å²) in [5.74, 6) is 0.276. The van der Waals surface area contributed by atoms with Gasteiger partial charge >= 0.3 is 0 Å². The summed E-state index contributed by atoms with van der Waals surface area (Å²) in [5, 5.41) is 3.37. The Morgan fingerprint density at radius 2 is 1.85 bits per heavy atom. The van der Waals surface area contributed by atoms with E-state index in [1.54, 1.807) is 43.6 Å². The maximum atomic E-state index is 15.0. The molecule has 8 nitrogen and oxygen atoms in total. The Balaban J connectivity index is 1.49. The molecule has 1 amide bonds. The third kappa shape index (κ3) is 7.30. The number of nitrogens with zero attached hydrogens (tertiary/aromatic N) is 2. The molecule has 0 saturated heterocycles. The van der Waals surface area contributed by atoms with Crippen LogP contribution in [0.15, 0.2) is 59.2 Å². The molecule has 1 N–H and O–H groups in total. The van der Waals surface area contributed by atoms with E-state index in [1.807, 2.05) is 6.08 Å². The minimum Gasteiger partial charge on any atom is -0.489 e. The third-order valence-corrected chi connectivity index (χ3v) is 6.28. The summed E-state index contributed by atoms with van der Waals surface area (Å²) in [5.41, 5.74) is 3.18. The third-order valence-electron chi connectivity index (χ3n) is 6.28. The number of hydrogen-bond donors (Lipinski definition) is 1. The number of hydrogen-bond acceptors (Lipinski definition) is 7. The number of nitrogens with one attached hydrogen (secondary N) is 1. The summed E-state index contributed by atoms with van der Waals surface area (Å²) in [4.78, 5) is 33.4. The lowest BCUT2D eigenvalue weighted by Gasteiger charge is -2.16. The summed E-state index contributed by atoms with van der Waals surface area (Å²) in [7, 11) is 1.57. The second-order valence-electron chi connectivity index (χ2n) is 10.7. The van der Waals surface area contributed by atoms with Crippen molar-refractivity contribution in [2.75, 3.05) is 32.2 Å². The number of rotatable bonds is 11. The molecule has 2 heterocycles. The van der Waals surface area contributed by atoms with Crippen LogP contribution in [0, 0.1) is 11.2 Å². The first-order valence-corrected chi connectivity index (χ1v) is 13.1. The van der Waals surface area contributed by atoms with E-state index in [1.165, 1.54) is 13.0 Å². The highest BCUT2D eigenvalue weighted by atomic mass is 19.1. The van der Waals surface area contributed by atoms with E-state index in [0.717, 1.165) is 11.3 Å². The van der Waals surface area contributed by atoms with Crippen LogP contribution in [0.3, 0.4) is 0 Å². The summed E-state index contributed by atoms with van der Waals surface area (Å²) >= 11 is 0. The number of methoxy groups -OCH3 is 1. The number of carbonyl (C=O) groups is 2. The second-order valence-corrected chi connectivity index (χ2v) is 10.7. The minimum absolute atomic E-state index is 0.0155. The first-order valence-electron chi connectivity index (χ1n) is 13.1. The zero-order valence-corrected chi connectivity index (χ0v) is 23.5. The number of benzene rings is 2. The number of allylic oxidation sites excluding steroid dienone is 1. The van der Waals surface area contributed by atoms with Crippen LogP contribution >= 0.6 is 0 Å². The highest BCUT2D eigenvalue weighted by Gasteiger charge is 2.22. The second kappa shape index (κ2) is 12.4. The van der Waals surface area contributed by atoms with Crippen molar-refractivity contribution < 1.29 is 28.2 Å². The predicted molar refractivity (Wildman–Crippen MR) is 153 cm³/mol. The van der Waals surface area contributed by atoms with Crippen molar-refractivity contribution in [2.24, 2.45) is 10.4 Å². The van der Waals surface area contributed by atoms with Gasteiger partial charge in [-0.15, -0.1) is 0 Å². The number of pyridine rings is 1. The molecular weight excluding hydrogens is 513 g/mol. The van der Waals surface area contributed by atoms with Crippen LogP contribution in [0.25, 0.3) is 10.9 Å². The van der Waals surface area contributed by atoms with E-state index in [0.29, 0.717) is 53.4 Å². The van der Waals surface area contributed by atoms with Crippen LogP contribution in [0.5, 0.6) is 17.2 Å². The van der Waals surface area contributed by atoms with Gasteiger partial charge in [0.2, 0.25) is 5.91 Å². The number of Topliss-reactive ketones (excluding diaryl/α,β-unsaturated/α-hetero) is 1. The van der Waals surface area contributed by atoms with Crippen molar-refractivity contribution in [2.45, 2.75) is 40.5 Å². The largest absolute Gasteiger partial charge is 0.489 e. The van der Waals surface area contributed by atoms with Crippen molar-refractivity contribution in [1.29, 1.82) is 0 Å². The lowest BCUT2D eigenvalue weighted by Crippen LogP contribution is -2.16. The molecule has 1 aliphatic heterocycles. The van der Waals surface area contributed by atoms with Gasteiger partial charge in [-0.25, -0.2) is 4.39 Å². The Bertz CT molecular complexity index is 1490. The molecular formula is C31H34FN3O5. The monoisotopic (exact) mass is 547 g/mol. The zero-order valence-electron chi connectivity index (χ0n) is 23.5. The minimum atomic E-state index is -0.524. The van der Waals surface area contributed by atoms with Crippen LogP contribution in [0.1, 0.15) is 39.7 Å². The molecule has 0 spiro atoms. The number of aromatic nitrogens is 1. The molecule has 3 aromatic rings. The van der Waals surface area contributed by atoms with Crippen LogP contribution in [0.4, 0.5) is 10.1 Å². The molecule has 40 heavy (non-hydrogen) atoms. The Kier molecular flexibility index (Phi) is 8.94. The van der Waals surface area contributed by atoms with Crippen molar-refractivity contribution in [1.82, 2.24) is 4.98 Å². The molecule has 0 aliphatic carbocycles. The van der Waals surface area contributed by atoms with Gasteiger partial charge in [-0.1, -0.05) is 26.8 Å². The quantitative estimate of drug-likeness (QED) is 0.292. The van der Waals surface area contributed by atoms with E-state index in [2.05, 4.69) is 36.1 Å². The summed E-state index contributed by atoms with van der Waals surface area (Å²) in [6, 6.07) is 9.53. The van der Waals surface area contributed by atoms with E-state index in [4.69, 9.17) is 14.2 Å². The smallest absolute Gasteiger partial charge is 0.221 e. The average Bonchev–Trinajstić information content (AvgIpc) is 3.35. The lowest BCUT2D eigenvalue weighted by molar-refractivity contribution is -0.118. The summed E-state index contributed by atoms with van der Waals surface area (Å²) in [6.07, 6.45) is 3.79. The lowest BCUT2D eigenvalue weighted by atomic mass is 9.89. The van der Waals surface area contributed by atoms with Crippen molar-refractivity contribution in [3.8, 4) is 17.2 Å². The molecule has 0 radical (unpaired) electrons. The van der Waals surface area contributed by atoms with Gasteiger partial charge in [-0.2, -0.15) is 0 Å². The molecule has 0 fully saturated rings. The van der Waals surface area contributed by atoms with Gasteiger partial charge in [-0.05, 0) is 35.4 Å². The van der Waals surface area contributed by atoms with Gasteiger partial charge < -0.3 is 19.5 Å². The summed E-state index contributed by atoms with van der Waals surface area (Å²) in [6.45, 7) is 8.84. The molecule has 0 unspecified atom stereocenters. The van der Waals surface area contributed by atoms with Crippen molar-refractivity contribution in [3.63, 3.8) is 0 Å². The number of ether oxygens (including phenoxy) is 3. The molecule has 0 atom stereocenters. The molecule has 4 rings (SSSR count). The standard InChI is InChI=1S/C31H34FN3O5/c1-19(36)35-27-16-24-26(17-29(27)39-11-10-38-5)33-9-8-28(24)40-23-7-6-21(25(32)15-23)14-22(37)12-20-13-30(34-18-20)31(2,3)4/h6-9,13,15-17H,10-12,14,18H2,1-5H3,(H,35,36). The Morgan fingerprint density at radius 3 is 2.52 bits per heavy atom. The van der Waals surface area contributed by atoms with E-state index in [-0.39, 0.29) is 35.7 Å². The number of amides is 1. The number of carbonyl (C=O) groups excluding carboxylic acids is 2. The first-order chi connectivity index (χ1) is 19.0. The van der Waals surface area contributed by atoms with Crippen molar-refractivity contribution >= 4 is 34.0 Å². The number of fused-ring (bicyclic) bond motifs is 1. The average molecular weight is 548 g/mol. The topological polar surface area (TPSA) is 99.1 Å². The molecule has 0 saturated carbocycles. The molecule has 0 bridgehead atoms. The van der Waals surface area contributed by atoms with Gasteiger partial charge in [0.05, 0.1) is 24.4 Å². The Hall–Kier alpha value is -4.11. The zero-order chi connectivity index (χ0) is 28.9. The van der Waals surface area contributed by atoms with E-state index < -0.39 is 5.82 Å². The fourth-order valence-corrected chi connectivity index (χ4v) is 4.30. The van der Waals surface area contributed by atoms with Crippen LogP contribution in [-0.4, -0.2) is 49.3 Å². The van der Waals surface area contributed by atoms with Crippen LogP contribution in [0.2, 0.25) is 0 Å². The van der Waals surface area contributed by atoms with Gasteiger partial charge in [-0.3, -0.25) is 19.6 Å². The molecule has 1 aliphatic rings. The fraction of sp³-hybridized carbons (Fsp3) is 0.355. The molecule has 2 aromatic carbocycles.